The van der Waals surface area contributed by atoms with Gasteiger partial charge in [-0.2, -0.15) is 0 Å². The Morgan fingerprint density at radius 2 is 2.33 bits per heavy atom. The van der Waals surface area contributed by atoms with Crippen LogP contribution in [0.3, 0.4) is 0 Å². The van der Waals surface area contributed by atoms with E-state index in [4.69, 9.17) is 4.42 Å². The molecular formula is C14H21NO3. The molecule has 1 aromatic rings. The molecule has 2 rings (SSSR count). The van der Waals surface area contributed by atoms with Gasteiger partial charge in [-0.05, 0) is 46.1 Å². The van der Waals surface area contributed by atoms with E-state index in [2.05, 4.69) is 0 Å². The molecule has 2 atom stereocenters. The molecule has 100 valence electrons. The normalized spacial score (nSPS) is 21.3. The van der Waals surface area contributed by atoms with E-state index < -0.39 is 0 Å². The van der Waals surface area contributed by atoms with Gasteiger partial charge < -0.3 is 14.4 Å². The zero-order chi connectivity index (χ0) is 13.3. The third-order valence-corrected chi connectivity index (χ3v) is 3.52. The maximum atomic E-state index is 12.5. The summed E-state index contributed by atoms with van der Waals surface area (Å²) < 4.78 is 5.41. The van der Waals surface area contributed by atoms with Crippen LogP contribution in [0, 0.1) is 13.8 Å². The molecular weight excluding hydrogens is 230 g/mol. The van der Waals surface area contributed by atoms with Gasteiger partial charge in [-0.15, -0.1) is 0 Å². The first-order valence-electron chi connectivity index (χ1n) is 6.55. The van der Waals surface area contributed by atoms with Gasteiger partial charge in [-0.1, -0.05) is 0 Å². The molecule has 1 aliphatic heterocycles. The molecule has 2 unspecified atom stereocenters. The molecule has 0 radical (unpaired) electrons. The molecule has 1 N–H and O–H groups in total. The Labute approximate surface area is 108 Å². The second-order valence-corrected chi connectivity index (χ2v) is 5.21. The summed E-state index contributed by atoms with van der Waals surface area (Å²) in [7, 11) is 0. The van der Waals surface area contributed by atoms with E-state index in [0.29, 0.717) is 17.7 Å². The zero-order valence-corrected chi connectivity index (χ0v) is 11.3. The fourth-order valence-corrected chi connectivity index (χ4v) is 2.74. The Hall–Kier alpha value is -1.29. The number of carbonyl (C=O) groups is 1. The Kier molecular flexibility index (Phi) is 3.76. The van der Waals surface area contributed by atoms with Crippen LogP contribution < -0.4 is 0 Å². The molecule has 1 amide bonds. The van der Waals surface area contributed by atoms with E-state index in [1.165, 1.54) is 0 Å². The minimum absolute atomic E-state index is 0.0347. The standard InChI is InChI=1S/C14H21NO3/c1-9(16)7-12-5-4-6-15(12)14(17)13-8-10(2)18-11(13)3/h8-9,12,16H,4-7H2,1-3H3. The maximum absolute atomic E-state index is 12.5. The van der Waals surface area contributed by atoms with Crippen molar-refractivity contribution >= 4 is 5.91 Å². The fraction of sp³-hybridized carbons (Fsp3) is 0.643. The Morgan fingerprint density at radius 1 is 1.61 bits per heavy atom. The maximum Gasteiger partial charge on any atom is 0.257 e. The second-order valence-electron chi connectivity index (χ2n) is 5.21. The average molecular weight is 251 g/mol. The van der Waals surface area contributed by atoms with Gasteiger partial charge in [0.15, 0.2) is 0 Å². The van der Waals surface area contributed by atoms with Gasteiger partial charge in [-0.25, -0.2) is 0 Å². The van der Waals surface area contributed by atoms with E-state index in [9.17, 15) is 9.90 Å². The molecule has 0 spiro atoms. The third kappa shape index (κ3) is 2.58. The summed E-state index contributed by atoms with van der Waals surface area (Å²) >= 11 is 0. The van der Waals surface area contributed by atoms with Crippen molar-refractivity contribution in [1.29, 1.82) is 0 Å². The van der Waals surface area contributed by atoms with Crippen LogP contribution in [-0.2, 0) is 0 Å². The number of aliphatic hydroxyl groups is 1. The molecule has 1 aromatic heterocycles. The van der Waals surface area contributed by atoms with Crippen molar-refractivity contribution in [2.45, 2.75) is 52.2 Å². The van der Waals surface area contributed by atoms with Gasteiger partial charge in [0.25, 0.3) is 5.91 Å². The minimum atomic E-state index is -0.365. The summed E-state index contributed by atoms with van der Waals surface area (Å²) in [6, 6.07) is 1.96. The topological polar surface area (TPSA) is 53.7 Å². The molecule has 0 aromatic carbocycles. The highest BCUT2D eigenvalue weighted by atomic mass is 16.3. The summed E-state index contributed by atoms with van der Waals surface area (Å²) in [6.07, 6.45) is 2.28. The van der Waals surface area contributed by atoms with Crippen LogP contribution in [0.1, 0.15) is 48.1 Å². The van der Waals surface area contributed by atoms with Crippen molar-refractivity contribution < 1.29 is 14.3 Å². The van der Waals surface area contributed by atoms with Crippen LogP contribution in [0.15, 0.2) is 10.5 Å². The molecule has 0 aliphatic carbocycles. The summed E-state index contributed by atoms with van der Waals surface area (Å²) in [5.74, 6) is 1.48. The average Bonchev–Trinajstić information content (AvgIpc) is 2.83. The second kappa shape index (κ2) is 5.14. The van der Waals surface area contributed by atoms with Crippen molar-refractivity contribution in [1.82, 2.24) is 4.90 Å². The Balaban J connectivity index is 2.15. The first-order valence-corrected chi connectivity index (χ1v) is 6.55. The Bertz CT molecular complexity index is 436. The Morgan fingerprint density at radius 3 is 2.89 bits per heavy atom. The number of nitrogens with zero attached hydrogens (tertiary/aromatic N) is 1. The number of hydrogen-bond donors (Lipinski definition) is 1. The molecule has 4 heteroatoms. The summed E-state index contributed by atoms with van der Waals surface area (Å²) in [5.41, 5.74) is 0.657. The summed E-state index contributed by atoms with van der Waals surface area (Å²) in [4.78, 5) is 14.3. The highest BCUT2D eigenvalue weighted by Gasteiger charge is 2.31. The third-order valence-electron chi connectivity index (χ3n) is 3.52. The first kappa shape index (κ1) is 13.1. The summed E-state index contributed by atoms with van der Waals surface area (Å²) in [5, 5.41) is 9.49. The SMILES string of the molecule is Cc1cc(C(=O)N2CCCC2CC(C)O)c(C)o1. The van der Waals surface area contributed by atoms with Gasteiger partial charge in [0.1, 0.15) is 11.5 Å². The summed E-state index contributed by atoms with van der Waals surface area (Å²) in [6.45, 7) is 6.22. The van der Waals surface area contributed by atoms with Gasteiger partial charge in [0, 0.05) is 12.6 Å². The molecule has 1 fully saturated rings. The van der Waals surface area contributed by atoms with E-state index in [1.54, 1.807) is 13.0 Å². The van der Waals surface area contributed by atoms with Crippen molar-refractivity contribution in [3.63, 3.8) is 0 Å². The lowest BCUT2D eigenvalue weighted by Crippen LogP contribution is -2.37. The van der Waals surface area contributed by atoms with Crippen LogP contribution in [0.2, 0.25) is 0 Å². The van der Waals surface area contributed by atoms with Gasteiger partial charge in [0.05, 0.1) is 11.7 Å². The quantitative estimate of drug-likeness (QED) is 0.896. The van der Waals surface area contributed by atoms with E-state index in [-0.39, 0.29) is 18.1 Å². The lowest BCUT2D eigenvalue weighted by Gasteiger charge is -2.25. The van der Waals surface area contributed by atoms with Gasteiger partial charge in [0.2, 0.25) is 0 Å². The lowest BCUT2D eigenvalue weighted by molar-refractivity contribution is 0.0680. The lowest BCUT2D eigenvalue weighted by atomic mass is 10.1. The number of hydrogen-bond acceptors (Lipinski definition) is 3. The van der Waals surface area contributed by atoms with E-state index in [0.717, 1.165) is 25.1 Å². The number of aryl methyl sites for hydroxylation is 2. The highest BCUT2D eigenvalue weighted by molar-refractivity contribution is 5.95. The molecule has 1 saturated heterocycles. The molecule has 0 bridgehead atoms. The van der Waals surface area contributed by atoms with Crippen LogP contribution >= 0.6 is 0 Å². The fourth-order valence-electron chi connectivity index (χ4n) is 2.74. The monoisotopic (exact) mass is 251 g/mol. The molecule has 0 saturated carbocycles. The number of rotatable bonds is 3. The van der Waals surface area contributed by atoms with E-state index in [1.807, 2.05) is 18.7 Å². The van der Waals surface area contributed by atoms with Crippen molar-refractivity contribution in [2.24, 2.45) is 0 Å². The molecule has 1 aliphatic rings. The first-order chi connectivity index (χ1) is 8.49. The van der Waals surface area contributed by atoms with E-state index >= 15 is 0 Å². The number of furan rings is 1. The highest BCUT2D eigenvalue weighted by Crippen LogP contribution is 2.25. The number of amides is 1. The predicted octanol–water partition coefficient (Wildman–Crippen LogP) is 2.27. The molecule has 18 heavy (non-hydrogen) atoms. The largest absolute Gasteiger partial charge is 0.466 e. The van der Waals surface area contributed by atoms with Gasteiger partial charge >= 0.3 is 0 Å². The minimum Gasteiger partial charge on any atom is -0.466 e. The van der Waals surface area contributed by atoms with Gasteiger partial charge in [-0.3, -0.25) is 4.79 Å². The van der Waals surface area contributed by atoms with Crippen LogP contribution in [0.5, 0.6) is 0 Å². The number of aliphatic hydroxyl groups excluding tert-OH is 1. The molecule has 2 heterocycles. The van der Waals surface area contributed by atoms with Crippen molar-refractivity contribution in [2.75, 3.05) is 6.54 Å². The van der Waals surface area contributed by atoms with Crippen molar-refractivity contribution in [3.05, 3.63) is 23.2 Å². The molecule has 4 nitrogen and oxygen atoms in total. The zero-order valence-electron chi connectivity index (χ0n) is 11.3. The van der Waals surface area contributed by atoms with Crippen molar-refractivity contribution in [3.8, 4) is 0 Å². The van der Waals surface area contributed by atoms with Crippen LogP contribution in [-0.4, -0.2) is 34.6 Å². The number of likely N-dealkylation sites (tertiary alicyclic amines) is 1. The predicted molar refractivity (Wildman–Crippen MR) is 68.5 cm³/mol. The van der Waals surface area contributed by atoms with Crippen LogP contribution in [0.4, 0.5) is 0 Å². The van der Waals surface area contributed by atoms with Crippen LogP contribution in [0.25, 0.3) is 0 Å². The number of carbonyl (C=O) groups excluding carboxylic acids is 1. The smallest absolute Gasteiger partial charge is 0.257 e.